The van der Waals surface area contributed by atoms with E-state index in [9.17, 15) is 18.0 Å². The Morgan fingerprint density at radius 3 is 2.44 bits per heavy atom. The lowest BCUT2D eigenvalue weighted by Crippen LogP contribution is -2.39. The topological polar surface area (TPSA) is 92.3 Å². The first-order valence-electron chi connectivity index (χ1n) is 5.72. The zero-order valence-corrected chi connectivity index (χ0v) is 11.5. The van der Waals surface area contributed by atoms with Crippen LogP contribution in [0.15, 0.2) is 12.0 Å². The molecule has 0 saturated carbocycles. The van der Waals surface area contributed by atoms with Crippen LogP contribution >= 0.6 is 0 Å². The molecule has 0 aliphatic carbocycles. The Hall–Kier alpha value is -1.37. The van der Waals surface area contributed by atoms with Crippen LogP contribution in [0.4, 0.5) is 0 Å². The van der Waals surface area contributed by atoms with E-state index in [1.54, 1.807) is 6.92 Å². The summed E-state index contributed by atoms with van der Waals surface area (Å²) in [6.45, 7) is 6.84. The van der Waals surface area contributed by atoms with E-state index in [1.165, 1.54) is 0 Å². The normalized spacial score (nSPS) is 12.6. The smallest absolute Gasteiger partial charge is 0.224 e. The number of hydrogen-bond donors (Lipinski definition) is 2. The number of sulfone groups is 1. The zero-order chi connectivity index (χ0) is 14.2. The van der Waals surface area contributed by atoms with Crippen molar-refractivity contribution in [3.05, 3.63) is 12.0 Å². The predicted octanol–water partition coefficient (Wildman–Crippen LogP) is 0.171. The highest BCUT2D eigenvalue weighted by Crippen LogP contribution is 1.98. The van der Waals surface area contributed by atoms with Gasteiger partial charge in [-0.3, -0.25) is 9.59 Å². The summed E-state index contributed by atoms with van der Waals surface area (Å²) < 4.78 is 22.1. The number of carbonyl (C=O) groups excluding carboxylic acids is 2. The third-order valence-electron chi connectivity index (χ3n) is 2.48. The van der Waals surface area contributed by atoms with Crippen LogP contribution in [0.5, 0.6) is 0 Å². The number of nitrogens with one attached hydrogen (secondary N) is 2. The minimum atomic E-state index is -3.36. The average molecular weight is 276 g/mol. The molecule has 0 saturated heterocycles. The molecule has 0 aromatic rings. The molecule has 0 heterocycles. The highest BCUT2D eigenvalue weighted by Gasteiger charge is 2.11. The van der Waals surface area contributed by atoms with Gasteiger partial charge in [0.1, 0.15) is 0 Å². The minimum absolute atomic E-state index is 0.0101. The summed E-state index contributed by atoms with van der Waals surface area (Å²) >= 11 is 0. The summed E-state index contributed by atoms with van der Waals surface area (Å²) in [5.41, 5.74) is 0. The summed E-state index contributed by atoms with van der Waals surface area (Å²) in [5, 5.41) is 5.78. The molecule has 1 unspecified atom stereocenters. The van der Waals surface area contributed by atoms with Gasteiger partial charge in [-0.25, -0.2) is 8.42 Å². The Kier molecular flexibility index (Phi) is 7.26. The third kappa shape index (κ3) is 7.05. The standard InChI is InChI=1S/C11H20N2O4S/c1-4-9(3)11(15)13-8-12-10(14)6-7-18(16,17)5-2/h5,9H,2,4,6-8H2,1,3H3,(H,12,14)(H,13,15). The van der Waals surface area contributed by atoms with Crippen LogP contribution in [0, 0.1) is 5.92 Å². The van der Waals surface area contributed by atoms with Gasteiger partial charge < -0.3 is 10.6 Å². The largest absolute Gasteiger partial charge is 0.339 e. The van der Waals surface area contributed by atoms with Crippen molar-refractivity contribution in [2.24, 2.45) is 5.92 Å². The lowest BCUT2D eigenvalue weighted by atomic mass is 10.1. The quantitative estimate of drug-likeness (QED) is 0.618. The minimum Gasteiger partial charge on any atom is -0.339 e. The summed E-state index contributed by atoms with van der Waals surface area (Å²) in [6, 6.07) is 0. The first kappa shape index (κ1) is 16.6. The lowest BCUT2D eigenvalue weighted by molar-refractivity contribution is -0.125. The van der Waals surface area contributed by atoms with Crippen LogP contribution < -0.4 is 10.6 Å². The van der Waals surface area contributed by atoms with Gasteiger partial charge in [0.15, 0.2) is 9.84 Å². The maximum atomic E-state index is 11.3. The third-order valence-corrected chi connectivity index (χ3v) is 3.76. The second-order valence-corrected chi connectivity index (χ2v) is 5.98. The summed E-state index contributed by atoms with van der Waals surface area (Å²) in [5.74, 6) is -0.953. The van der Waals surface area contributed by atoms with E-state index in [1.807, 2.05) is 6.92 Å². The molecule has 7 heteroatoms. The zero-order valence-electron chi connectivity index (χ0n) is 10.7. The van der Waals surface area contributed by atoms with Crippen LogP contribution in [0.1, 0.15) is 26.7 Å². The molecular weight excluding hydrogens is 256 g/mol. The van der Waals surface area contributed by atoms with Crippen molar-refractivity contribution in [2.75, 3.05) is 12.4 Å². The van der Waals surface area contributed by atoms with E-state index < -0.39 is 15.7 Å². The van der Waals surface area contributed by atoms with Crippen LogP contribution in [0.3, 0.4) is 0 Å². The van der Waals surface area contributed by atoms with Crippen molar-refractivity contribution in [1.29, 1.82) is 0 Å². The second kappa shape index (κ2) is 7.86. The molecule has 0 spiro atoms. The molecule has 2 N–H and O–H groups in total. The van der Waals surface area contributed by atoms with Crippen LogP contribution in [-0.2, 0) is 19.4 Å². The van der Waals surface area contributed by atoms with Gasteiger partial charge in [0.2, 0.25) is 11.8 Å². The van der Waals surface area contributed by atoms with Gasteiger partial charge in [0.25, 0.3) is 0 Å². The van der Waals surface area contributed by atoms with Crippen molar-refractivity contribution < 1.29 is 18.0 Å². The van der Waals surface area contributed by atoms with Crippen LogP contribution in [0.2, 0.25) is 0 Å². The molecule has 1 atom stereocenters. The van der Waals surface area contributed by atoms with Crippen molar-refractivity contribution >= 4 is 21.7 Å². The van der Waals surface area contributed by atoms with Crippen molar-refractivity contribution in [3.8, 4) is 0 Å². The number of carbonyl (C=O) groups is 2. The molecule has 0 radical (unpaired) electrons. The van der Waals surface area contributed by atoms with Gasteiger partial charge in [0.05, 0.1) is 12.4 Å². The molecule has 0 aromatic heterocycles. The SMILES string of the molecule is C=CS(=O)(=O)CCC(=O)NCNC(=O)C(C)CC. The summed E-state index contributed by atoms with van der Waals surface area (Å²) in [6.07, 6.45) is 0.574. The molecule has 0 aromatic carbocycles. The van der Waals surface area contributed by atoms with Crippen LogP contribution in [-0.4, -0.2) is 32.7 Å². The molecule has 0 bridgehead atoms. The Labute approximate surface area is 108 Å². The van der Waals surface area contributed by atoms with Gasteiger partial charge in [0, 0.05) is 17.7 Å². The average Bonchev–Trinajstić information content (AvgIpc) is 2.35. The van der Waals surface area contributed by atoms with Crippen LogP contribution in [0.25, 0.3) is 0 Å². The Bertz CT molecular complexity index is 403. The number of hydrogen-bond acceptors (Lipinski definition) is 4. The summed E-state index contributed by atoms with van der Waals surface area (Å²) in [4.78, 5) is 22.6. The van der Waals surface area contributed by atoms with Gasteiger partial charge in [-0.05, 0) is 6.42 Å². The molecule has 0 fully saturated rings. The van der Waals surface area contributed by atoms with Crippen molar-refractivity contribution in [3.63, 3.8) is 0 Å². The monoisotopic (exact) mass is 276 g/mol. The second-order valence-electron chi connectivity index (χ2n) is 3.91. The molecule has 18 heavy (non-hydrogen) atoms. The number of amides is 2. The van der Waals surface area contributed by atoms with Gasteiger partial charge in [-0.1, -0.05) is 20.4 Å². The van der Waals surface area contributed by atoms with Gasteiger partial charge in [-0.15, -0.1) is 0 Å². The van der Waals surface area contributed by atoms with E-state index in [0.29, 0.717) is 0 Å². The van der Waals surface area contributed by atoms with Gasteiger partial charge >= 0.3 is 0 Å². The summed E-state index contributed by atoms with van der Waals surface area (Å²) in [7, 11) is -3.36. The van der Waals surface area contributed by atoms with Gasteiger partial charge in [-0.2, -0.15) is 0 Å². The molecule has 104 valence electrons. The fraction of sp³-hybridized carbons (Fsp3) is 0.636. The van der Waals surface area contributed by atoms with Crippen molar-refractivity contribution in [1.82, 2.24) is 10.6 Å². The fourth-order valence-electron chi connectivity index (χ4n) is 0.996. The first-order valence-corrected chi connectivity index (χ1v) is 7.43. The highest BCUT2D eigenvalue weighted by atomic mass is 32.2. The first-order chi connectivity index (χ1) is 8.32. The molecule has 0 aliphatic rings. The predicted molar refractivity (Wildman–Crippen MR) is 69.2 cm³/mol. The Balaban J connectivity index is 3.86. The van der Waals surface area contributed by atoms with E-state index >= 15 is 0 Å². The number of rotatable bonds is 8. The maximum Gasteiger partial charge on any atom is 0.224 e. The van der Waals surface area contributed by atoms with E-state index in [-0.39, 0.29) is 30.7 Å². The fourth-order valence-corrected chi connectivity index (χ4v) is 1.63. The van der Waals surface area contributed by atoms with E-state index in [4.69, 9.17) is 0 Å². The highest BCUT2D eigenvalue weighted by molar-refractivity contribution is 7.94. The molecule has 2 amide bonds. The van der Waals surface area contributed by atoms with Crippen molar-refractivity contribution in [2.45, 2.75) is 26.7 Å². The Morgan fingerprint density at radius 2 is 1.94 bits per heavy atom. The molecule has 6 nitrogen and oxygen atoms in total. The lowest BCUT2D eigenvalue weighted by Gasteiger charge is -2.10. The maximum absolute atomic E-state index is 11.3. The van der Waals surface area contributed by atoms with E-state index in [2.05, 4.69) is 17.2 Å². The molecule has 0 rings (SSSR count). The molecular formula is C11H20N2O4S. The molecule has 0 aliphatic heterocycles. The Morgan fingerprint density at radius 1 is 1.33 bits per heavy atom. The van der Waals surface area contributed by atoms with E-state index in [0.717, 1.165) is 11.8 Å².